The van der Waals surface area contributed by atoms with Crippen LogP contribution in [0.3, 0.4) is 0 Å². The highest BCUT2D eigenvalue weighted by Gasteiger charge is 2.09. The Labute approximate surface area is 145 Å². The molecule has 3 rings (SSSR count). The maximum absolute atomic E-state index is 12.0. The van der Waals surface area contributed by atoms with Crippen LogP contribution in [0.2, 0.25) is 0 Å². The number of rotatable bonds is 7. The molecule has 2 aromatic heterocycles. The van der Waals surface area contributed by atoms with Crippen molar-refractivity contribution in [3.05, 3.63) is 60.2 Å². The third-order valence-corrected chi connectivity index (χ3v) is 3.58. The first-order chi connectivity index (χ1) is 12.2. The first-order valence-corrected chi connectivity index (χ1v) is 7.87. The van der Waals surface area contributed by atoms with E-state index in [0.29, 0.717) is 31.2 Å². The molecule has 2 heterocycles. The van der Waals surface area contributed by atoms with E-state index in [2.05, 4.69) is 20.5 Å². The lowest BCUT2D eigenvalue weighted by molar-refractivity contribution is -0.120. The summed E-state index contributed by atoms with van der Waals surface area (Å²) >= 11 is 0. The van der Waals surface area contributed by atoms with Crippen molar-refractivity contribution in [3.63, 3.8) is 0 Å². The minimum absolute atomic E-state index is 0.0564. The second-order valence-electron chi connectivity index (χ2n) is 5.36. The molecule has 0 spiro atoms. The van der Waals surface area contributed by atoms with Gasteiger partial charge in [-0.3, -0.25) is 9.78 Å². The molecule has 0 atom stereocenters. The number of hydrogen-bond donors (Lipinski definition) is 1. The molecule has 0 aliphatic carbocycles. The third kappa shape index (κ3) is 4.63. The standard InChI is InChI=1S/C18H18N4O3/c1-24-15-4-2-13(3-5-15)12-16(23)20-11-8-17-21-22-18(25-17)14-6-9-19-10-7-14/h2-7,9-10H,8,11-12H2,1H3,(H,20,23). The molecule has 1 aromatic carbocycles. The van der Waals surface area contributed by atoms with E-state index < -0.39 is 0 Å². The number of nitrogens with one attached hydrogen (secondary N) is 1. The fourth-order valence-corrected chi connectivity index (χ4v) is 2.27. The highest BCUT2D eigenvalue weighted by atomic mass is 16.5. The number of nitrogens with zero attached hydrogens (tertiary/aromatic N) is 3. The van der Waals surface area contributed by atoms with Crippen molar-refractivity contribution in [3.8, 4) is 17.2 Å². The molecule has 1 amide bonds. The first-order valence-electron chi connectivity index (χ1n) is 7.87. The minimum atomic E-state index is -0.0564. The quantitative estimate of drug-likeness (QED) is 0.709. The van der Waals surface area contributed by atoms with Gasteiger partial charge in [0.1, 0.15) is 5.75 Å². The molecule has 1 N–H and O–H groups in total. The zero-order chi connectivity index (χ0) is 17.5. The van der Waals surface area contributed by atoms with Crippen molar-refractivity contribution >= 4 is 5.91 Å². The molecule has 25 heavy (non-hydrogen) atoms. The summed E-state index contributed by atoms with van der Waals surface area (Å²) in [5, 5.41) is 10.8. The van der Waals surface area contributed by atoms with Gasteiger partial charge in [0.2, 0.25) is 17.7 Å². The van der Waals surface area contributed by atoms with E-state index in [1.165, 1.54) is 0 Å². The van der Waals surface area contributed by atoms with E-state index >= 15 is 0 Å². The normalized spacial score (nSPS) is 10.4. The van der Waals surface area contributed by atoms with Gasteiger partial charge in [-0.15, -0.1) is 10.2 Å². The second kappa shape index (κ2) is 8.05. The molecular weight excluding hydrogens is 320 g/mol. The molecule has 0 aliphatic heterocycles. The summed E-state index contributed by atoms with van der Waals surface area (Å²) in [6, 6.07) is 11.0. The number of methoxy groups -OCH3 is 1. The maximum atomic E-state index is 12.0. The highest BCUT2D eigenvalue weighted by Crippen LogP contribution is 2.16. The van der Waals surface area contributed by atoms with Crippen LogP contribution in [0.4, 0.5) is 0 Å². The Hall–Kier alpha value is -3.22. The zero-order valence-corrected chi connectivity index (χ0v) is 13.8. The Bertz CT molecular complexity index is 816. The Morgan fingerprint density at radius 3 is 2.60 bits per heavy atom. The molecule has 0 bridgehead atoms. The topological polar surface area (TPSA) is 90.1 Å². The molecule has 0 unspecified atom stereocenters. The van der Waals surface area contributed by atoms with E-state index in [-0.39, 0.29) is 5.91 Å². The van der Waals surface area contributed by atoms with Gasteiger partial charge in [0.25, 0.3) is 0 Å². The van der Waals surface area contributed by atoms with Crippen molar-refractivity contribution in [1.82, 2.24) is 20.5 Å². The number of amides is 1. The summed E-state index contributed by atoms with van der Waals surface area (Å²) in [5.74, 6) is 1.64. The Balaban J connectivity index is 1.46. The average molecular weight is 338 g/mol. The van der Waals surface area contributed by atoms with Gasteiger partial charge in [-0.05, 0) is 29.8 Å². The van der Waals surface area contributed by atoms with Crippen LogP contribution >= 0.6 is 0 Å². The smallest absolute Gasteiger partial charge is 0.247 e. The van der Waals surface area contributed by atoms with Crippen LogP contribution in [0.5, 0.6) is 5.75 Å². The predicted molar refractivity (Wildman–Crippen MR) is 90.9 cm³/mol. The molecule has 0 fully saturated rings. The van der Waals surface area contributed by atoms with E-state index in [1.54, 1.807) is 31.6 Å². The largest absolute Gasteiger partial charge is 0.497 e. The fourth-order valence-electron chi connectivity index (χ4n) is 2.27. The van der Waals surface area contributed by atoms with Crippen molar-refractivity contribution in [2.45, 2.75) is 12.8 Å². The molecule has 0 saturated heterocycles. The van der Waals surface area contributed by atoms with Gasteiger partial charge in [0.15, 0.2) is 0 Å². The first kappa shape index (κ1) is 16.6. The van der Waals surface area contributed by atoms with Crippen molar-refractivity contribution < 1.29 is 13.9 Å². The summed E-state index contributed by atoms with van der Waals surface area (Å²) in [6.07, 6.45) is 4.12. The second-order valence-corrected chi connectivity index (χ2v) is 5.36. The average Bonchev–Trinajstić information content (AvgIpc) is 3.12. The van der Waals surface area contributed by atoms with Crippen LogP contribution in [0.1, 0.15) is 11.5 Å². The van der Waals surface area contributed by atoms with Gasteiger partial charge >= 0.3 is 0 Å². The predicted octanol–water partition coefficient (Wildman–Crippen LogP) is 2.04. The molecule has 0 saturated carbocycles. The van der Waals surface area contributed by atoms with Gasteiger partial charge in [0.05, 0.1) is 13.5 Å². The molecule has 0 radical (unpaired) electrons. The van der Waals surface area contributed by atoms with Crippen LogP contribution in [0.25, 0.3) is 11.5 Å². The summed E-state index contributed by atoms with van der Waals surface area (Å²) in [5.41, 5.74) is 1.74. The Kier molecular flexibility index (Phi) is 5.36. The fraction of sp³-hybridized carbons (Fsp3) is 0.222. The number of carbonyl (C=O) groups excluding carboxylic acids is 1. The van der Waals surface area contributed by atoms with Gasteiger partial charge in [0, 0.05) is 30.9 Å². The van der Waals surface area contributed by atoms with Crippen LogP contribution in [-0.2, 0) is 17.6 Å². The monoisotopic (exact) mass is 338 g/mol. The lowest BCUT2D eigenvalue weighted by Crippen LogP contribution is -2.27. The minimum Gasteiger partial charge on any atom is -0.497 e. The van der Waals surface area contributed by atoms with Crippen LogP contribution in [0, 0.1) is 0 Å². The third-order valence-electron chi connectivity index (χ3n) is 3.58. The molecular formula is C18H18N4O3. The number of carbonyl (C=O) groups is 1. The van der Waals surface area contributed by atoms with Gasteiger partial charge < -0.3 is 14.5 Å². The van der Waals surface area contributed by atoms with Gasteiger partial charge in [-0.2, -0.15) is 0 Å². The lowest BCUT2D eigenvalue weighted by Gasteiger charge is -2.05. The van der Waals surface area contributed by atoms with E-state index in [1.807, 2.05) is 24.3 Å². The van der Waals surface area contributed by atoms with Gasteiger partial charge in [-0.25, -0.2) is 0 Å². The Morgan fingerprint density at radius 1 is 1.12 bits per heavy atom. The highest BCUT2D eigenvalue weighted by molar-refractivity contribution is 5.78. The van der Waals surface area contributed by atoms with E-state index in [9.17, 15) is 4.79 Å². The Morgan fingerprint density at radius 2 is 1.88 bits per heavy atom. The molecule has 7 heteroatoms. The molecule has 128 valence electrons. The van der Waals surface area contributed by atoms with Crippen LogP contribution < -0.4 is 10.1 Å². The number of pyridine rings is 1. The number of benzene rings is 1. The number of aromatic nitrogens is 3. The van der Waals surface area contributed by atoms with Crippen molar-refractivity contribution in [1.29, 1.82) is 0 Å². The van der Waals surface area contributed by atoms with E-state index in [0.717, 1.165) is 16.9 Å². The summed E-state index contributed by atoms with van der Waals surface area (Å²) in [6.45, 7) is 0.437. The van der Waals surface area contributed by atoms with E-state index in [4.69, 9.17) is 9.15 Å². The SMILES string of the molecule is COc1ccc(CC(=O)NCCc2nnc(-c3ccncc3)o2)cc1. The maximum Gasteiger partial charge on any atom is 0.247 e. The molecule has 0 aliphatic rings. The van der Waals surface area contributed by atoms with Crippen LogP contribution in [0.15, 0.2) is 53.2 Å². The number of ether oxygens (including phenoxy) is 1. The van der Waals surface area contributed by atoms with Gasteiger partial charge in [-0.1, -0.05) is 12.1 Å². The summed E-state index contributed by atoms with van der Waals surface area (Å²) < 4.78 is 10.7. The van der Waals surface area contributed by atoms with Crippen molar-refractivity contribution in [2.75, 3.05) is 13.7 Å². The van der Waals surface area contributed by atoms with Crippen LogP contribution in [-0.4, -0.2) is 34.7 Å². The van der Waals surface area contributed by atoms with Crippen molar-refractivity contribution in [2.24, 2.45) is 0 Å². The number of hydrogen-bond acceptors (Lipinski definition) is 6. The lowest BCUT2D eigenvalue weighted by atomic mass is 10.1. The molecule has 3 aromatic rings. The molecule has 7 nitrogen and oxygen atoms in total. The summed E-state index contributed by atoms with van der Waals surface area (Å²) in [4.78, 5) is 15.9. The zero-order valence-electron chi connectivity index (χ0n) is 13.8. The summed E-state index contributed by atoms with van der Waals surface area (Å²) in [7, 11) is 1.61.